The number of nitrogens with two attached hydrogens (primary N) is 1. The molecule has 25 heavy (non-hydrogen) atoms. The van der Waals surface area contributed by atoms with Gasteiger partial charge in [0.15, 0.2) is 0 Å². The Morgan fingerprint density at radius 1 is 1.00 bits per heavy atom. The molecule has 0 aliphatic rings. The number of amides is 1. The van der Waals surface area contributed by atoms with Crippen LogP contribution in [0.15, 0.2) is 48.5 Å². The summed E-state index contributed by atoms with van der Waals surface area (Å²) in [5.74, 6) is 0.181. The first-order chi connectivity index (χ1) is 11.8. The lowest BCUT2D eigenvalue weighted by Crippen LogP contribution is -2.27. The second-order valence-corrected chi connectivity index (χ2v) is 6.00. The van der Waals surface area contributed by atoms with Crippen LogP contribution in [0.4, 0.5) is 5.69 Å². The van der Waals surface area contributed by atoms with Crippen molar-refractivity contribution in [3.05, 3.63) is 54.1 Å². The number of rotatable bonds is 4. The zero-order valence-electron chi connectivity index (χ0n) is 15.2. The van der Waals surface area contributed by atoms with Gasteiger partial charge in [-0.05, 0) is 41.3 Å². The molecule has 0 atom stereocenters. The fourth-order valence-electron chi connectivity index (χ4n) is 1.89. The summed E-state index contributed by atoms with van der Waals surface area (Å²) >= 11 is 0. The topological polar surface area (TPSA) is 81.4 Å². The average Bonchev–Trinajstić information content (AvgIpc) is 2.61. The maximum Gasteiger partial charge on any atom is 0.302 e. The molecule has 0 saturated heterocycles. The normalized spacial score (nSPS) is 9.80. The van der Waals surface area contributed by atoms with Gasteiger partial charge in [0.2, 0.25) is 0 Å². The Labute approximate surface area is 149 Å². The van der Waals surface area contributed by atoms with Crippen molar-refractivity contribution in [1.82, 2.24) is 5.32 Å². The quantitative estimate of drug-likeness (QED) is 0.658. The van der Waals surface area contributed by atoms with Gasteiger partial charge in [-0.1, -0.05) is 38.1 Å². The number of nitrogens with one attached hydrogen (secondary N) is 1. The SMILES string of the molecule is CC(C)CNC(=O)c1ccc(-c2ccc(N)cc2)cc1.COC(C)=O. The number of ether oxygens (including phenoxy) is 1. The first kappa shape index (κ1) is 20.2. The lowest BCUT2D eigenvalue weighted by atomic mass is 10.0. The molecular formula is C20H26N2O3. The number of hydrogen-bond acceptors (Lipinski definition) is 4. The smallest absolute Gasteiger partial charge is 0.302 e. The molecule has 5 nitrogen and oxygen atoms in total. The number of benzene rings is 2. The lowest BCUT2D eigenvalue weighted by molar-refractivity contribution is -0.137. The van der Waals surface area contributed by atoms with E-state index in [0.717, 1.165) is 16.8 Å². The Morgan fingerprint density at radius 3 is 1.84 bits per heavy atom. The monoisotopic (exact) mass is 342 g/mol. The molecule has 0 aliphatic heterocycles. The van der Waals surface area contributed by atoms with Gasteiger partial charge in [-0.3, -0.25) is 9.59 Å². The van der Waals surface area contributed by atoms with Crippen molar-refractivity contribution < 1.29 is 14.3 Å². The molecular weight excluding hydrogens is 316 g/mol. The molecule has 0 aliphatic carbocycles. The average molecular weight is 342 g/mol. The van der Waals surface area contributed by atoms with Gasteiger partial charge in [0.05, 0.1) is 7.11 Å². The van der Waals surface area contributed by atoms with E-state index in [2.05, 4.69) is 23.9 Å². The standard InChI is InChI=1S/C17H20N2O.C3H6O2/c1-12(2)11-19-17(20)15-5-3-13(4-6-15)14-7-9-16(18)10-8-14;1-3(4)5-2/h3-10,12H,11,18H2,1-2H3,(H,19,20);1-2H3. The highest BCUT2D eigenvalue weighted by Crippen LogP contribution is 2.20. The number of carbonyl (C=O) groups excluding carboxylic acids is 2. The summed E-state index contributed by atoms with van der Waals surface area (Å²) in [5.41, 5.74) is 9.27. The molecule has 0 bridgehead atoms. The minimum absolute atomic E-state index is 0.0254. The van der Waals surface area contributed by atoms with Gasteiger partial charge < -0.3 is 15.8 Å². The molecule has 134 valence electrons. The summed E-state index contributed by atoms with van der Waals surface area (Å²) in [6.45, 7) is 6.20. The van der Waals surface area contributed by atoms with E-state index in [9.17, 15) is 9.59 Å². The highest BCUT2D eigenvalue weighted by atomic mass is 16.5. The van der Waals surface area contributed by atoms with Crippen LogP contribution in [0.25, 0.3) is 11.1 Å². The Morgan fingerprint density at radius 2 is 1.44 bits per heavy atom. The summed E-state index contributed by atoms with van der Waals surface area (Å²) < 4.78 is 4.11. The fourth-order valence-corrected chi connectivity index (χ4v) is 1.89. The van der Waals surface area contributed by atoms with Crippen LogP contribution in [0.1, 0.15) is 31.1 Å². The number of carbonyl (C=O) groups is 2. The zero-order chi connectivity index (χ0) is 18.8. The van der Waals surface area contributed by atoms with E-state index in [0.29, 0.717) is 18.0 Å². The van der Waals surface area contributed by atoms with Gasteiger partial charge in [-0.25, -0.2) is 0 Å². The Kier molecular flexibility index (Phi) is 8.19. The van der Waals surface area contributed by atoms with Gasteiger partial charge in [-0.15, -0.1) is 0 Å². The minimum Gasteiger partial charge on any atom is -0.469 e. The highest BCUT2D eigenvalue weighted by Gasteiger charge is 2.06. The fraction of sp³-hybridized carbons (Fsp3) is 0.300. The van der Waals surface area contributed by atoms with Crippen molar-refractivity contribution in [3.8, 4) is 11.1 Å². The number of nitrogen functional groups attached to an aromatic ring is 1. The van der Waals surface area contributed by atoms with Gasteiger partial charge >= 0.3 is 5.97 Å². The highest BCUT2D eigenvalue weighted by molar-refractivity contribution is 5.94. The van der Waals surface area contributed by atoms with E-state index in [1.807, 2.05) is 48.5 Å². The van der Waals surface area contributed by atoms with E-state index in [1.165, 1.54) is 14.0 Å². The third-order valence-electron chi connectivity index (χ3n) is 3.35. The maximum absolute atomic E-state index is 11.9. The molecule has 0 fully saturated rings. The second kappa shape index (κ2) is 10.1. The number of methoxy groups -OCH3 is 1. The van der Waals surface area contributed by atoms with Crippen molar-refractivity contribution in [2.24, 2.45) is 5.92 Å². The Bertz CT molecular complexity index is 677. The van der Waals surface area contributed by atoms with Crippen LogP contribution in [0.5, 0.6) is 0 Å². The van der Waals surface area contributed by atoms with Crippen molar-refractivity contribution in [1.29, 1.82) is 0 Å². The van der Waals surface area contributed by atoms with Gasteiger partial charge in [0.1, 0.15) is 0 Å². The van der Waals surface area contributed by atoms with E-state index in [1.54, 1.807) is 0 Å². The Balaban J connectivity index is 0.000000550. The van der Waals surface area contributed by atoms with Crippen LogP contribution in [0, 0.1) is 5.92 Å². The summed E-state index contributed by atoms with van der Waals surface area (Å²) in [6, 6.07) is 15.3. The molecule has 3 N–H and O–H groups in total. The summed E-state index contributed by atoms with van der Waals surface area (Å²) in [5, 5.41) is 2.91. The number of esters is 1. The van der Waals surface area contributed by atoms with E-state index in [-0.39, 0.29) is 11.9 Å². The summed E-state index contributed by atoms with van der Waals surface area (Å²) in [6.07, 6.45) is 0. The zero-order valence-corrected chi connectivity index (χ0v) is 15.2. The van der Waals surface area contributed by atoms with Crippen LogP contribution >= 0.6 is 0 Å². The molecule has 0 radical (unpaired) electrons. The largest absolute Gasteiger partial charge is 0.469 e. The number of anilines is 1. The molecule has 0 heterocycles. The van der Waals surface area contributed by atoms with Gasteiger partial charge in [0.25, 0.3) is 5.91 Å². The molecule has 5 heteroatoms. The molecule has 0 unspecified atom stereocenters. The van der Waals surface area contributed by atoms with E-state index >= 15 is 0 Å². The minimum atomic E-state index is -0.245. The molecule has 0 spiro atoms. The van der Waals surface area contributed by atoms with Crippen molar-refractivity contribution in [2.75, 3.05) is 19.4 Å². The molecule has 0 saturated carbocycles. The first-order valence-corrected chi connectivity index (χ1v) is 8.12. The van der Waals surface area contributed by atoms with Gasteiger partial charge in [-0.2, -0.15) is 0 Å². The van der Waals surface area contributed by atoms with E-state index in [4.69, 9.17) is 5.73 Å². The second-order valence-electron chi connectivity index (χ2n) is 6.00. The van der Waals surface area contributed by atoms with E-state index < -0.39 is 0 Å². The van der Waals surface area contributed by atoms with Crippen LogP contribution < -0.4 is 11.1 Å². The first-order valence-electron chi connectivity index (χ1n) is 8.12. The predicted octanol–water partition coefficient (Wildman–Crippen LogP) is 3.50. The van der Waals surface area contributed by atoms with Crippen LogP contribution in [0.2, 0.25) is 0 Å². The van der Waals surface area contributed by atoms with Crippen LogP contribution in [0.3, 0.4) is 0 Å². The number of hydrogen-bond donors (Lipinski definition) is 2. The summed E-state index contributed by atoms with van der Waals surface area (Å²) in [4.78, 5) is 21.5. The van der Waals surface area contributed by atoms with Crippen LogP contribution in [-0.2, 0) is 9.53 Å². The third kappa shape index (κ3) is 7.52. The van der Waals surface area contributed by atoms with Crippen molar-refractivity contribution >= 4 is 17.6 Å². The lowest BCUT2D eigenvalue weighted by Gasteiger charge is -2.08. The molecule has 0 aromatic heterocycles. The predicted molar refractivity (Wildman–Crippen MR) is 101 cm³/mol. The molecule has 2 rings (SSSR count). The molecule has 2 aromatic carbocycles. The maximum atomic E-state index is 11.9. The van der Waals surface area contributed by atoms with Crippen molar-refractivity contribution in [3.63, 3.8) is 0 Å². The van der Waals surface area contributed by atoms with Gasteiger partial charge in [0, 0.05) is 24.7 Å². The van der Waals surface area contributed by atoms with Crippen molar-refractivity contribution in [2.45, 2.75) is 20.8 Å². The summed E-state index contributed by atoms with van der Waals surface area (Å²) in [7, 11) is 1.35. The van der Waals surface area contributed by atoms with Crippen LogP contribution in [-0.4, -0.2) is 25.5 Å². The third-order valence-corrected chi connectivity index (χ3v) is 3.35. The molecule has 1 amide bonds. The molecule has 2 aromatic rings. The Hall–Kier alpha value is -2.82.